The maximum Gasteiger partial charge on any atom is 0.223 e. The van der Waals surface area contributed by atoms with Gasteiger partial charge < -0.3 is 20.3 Å². The molecule has 102 valence electrons. The van der Waals surface area contributed by atoms with Crippen molar-refractivity contribution in [3.63, 3.8) is 0 Å². The molecular formula is C10H12ClN5O3. The number of fused-ring (bicyclic) bond motifs is 1. The SMILES string of the molecule is Nc1nc(Cl)c2ncn(C3COC(CO)CO3)c2n1. The van der Waals surface area contributed by atoms with Gasteiger partial charge in [-0.3, -0.25) is 4.57 Å². The Bertz CT molecular complexity index is 596. The number of aliphatic hydroxyl groups is 1. The van der Waals surface area contributed by atoms with E-state index >= 15 is 0 Å². The molecule has 2 atom stereocenters. The molecule has 0 spiro atoms. The monoisotopic (exact) mass is 285 g/mol. The molecule has 0 radical (unpaired) electrons. The van der Waals surface area contributed by atoms with E-state index < -0.39 is 0 Å². The molecule has 3 rings (SSSR count). The number of halogens is 1. The first-order valence-corrected chi connectivity index (χ1v) is 6.06. The van der Waals surface area contributed by atoms with Crippen molar-refractivity contribution in [1.29, 1.82) is 0 Å². The van der Waals surface area contributed by atoms with E-state index in [0.29, 0.717) is 17.8 Å². The van der Waals surface area contributed by atoms with Gasteiger partial charge in [-0.15, -0.1) is 0 Å². The molecule has 0 aromatic carbocycles. The van der Waals surface area contributed by atoms with Gasteiger partial charge in [-0.1, -0.05) is 11.6 Å². The molecule has 3 N–H and O–H groups in total. The number of rotatable bonds is 2. The van der Waals surface area contributed by atoms with Gasteiger partial charge in [0.15, 0.2) is 17.0 Å². The number of anilines is 1. The van der Waals surface area contributed by atoms with E-state index in [1.165, 1.54) is 0 Å². The fourth-order valence-electron chi connectivity index (χ4n) is 1.91. The zero-order chi connectivity index (χ0) is 13.4. The number of nitrogens with zero attached hydrogens (tertiary/aromatic N) is 4. The minimum absolute atomic E-state index is 0.0711. The van der Waals surface area contributed by atoms with Crippen molar-refractivity contribution in [1.82, 2.24) is 19.5 Å². The Labute approximate surface area is 113 Å². The lowest BCUT2D eigenvalue weighted by atomic mass is 10.3. The van der Waals surface area contributed by atoms with Crippen LogP contribution in [-0.4, -0.2) is 50.6 Å². The summed E-state index contributed by atoms with van der Waals surface area (Å²) in [5.41, 5.74) is 6.53. The van der Waals surface area contributed by atoms with Crippen molar-refractivity contribution in [2.75, 3.05) is 25.6 Å². The fourth-order valence-corrected chi connectivity index (χ4v) is 2.13. The lowest BCUT2D eigenvalue weighted by Gasteiger charge is -2.29. The predicted molar refractivity (Wildman–Crippen MR) is 66.6 cm³/mol. The molecule has 1 aliphatic heterocycles. The highest BCUT2D eigenvalue weighted by Crippen LogP contribution is 2.25. The first-order valence-electron chi connectivity index (χ1n) is 5.68. The first kappa shape index (κ1) is 12.5. The quantitative estimate of drug-likeness (QED) is 0.746. The van der Waals surface area contributed by atoms with E-state index in [-0.39, 0.29) is 36.6 Å². The van der Waals surface area contributed by atoms with Gasteiger partial charge in [-0.05, 0) is 0 Å². The molecule has 0 aliphatic carbocycles. The molecule has 2 unspecified atom stereocenters. The average molecular weight is 286 g/mol. The molecule has 0 bridgehead atoms. The van der Waals surface area contributed by atoms with Crippen LogP contribution in [0.15, 0.2) is 6.33 Å². The normalized spacial score (nSPS) is 23.9. The Morgan fingerprint density at radius 1 is 1.42 bits per heavy atom. The van der Waals surface area contributed by atoms with E-state index in [4.69, 9.17) is 31.9 Å². The predicted octanol–water partition coefficient (Wildman–Crippen LogP) is -0.0318. The van der Waals surface area contributed by atoms with E-state index in [1.54, 1.807) is 10.9 Å². The Morgan fingerprint density at radius 2 is 2.26 bits per heavy atom. The highest BCUT2D eigenvalue weighted by atomic mass is 35.5. The van der Waals surface area contributed by atoms with Crippen LogP contribution in [0.2, 0.25) is 5.15 Å². The van der Waals surface area contributed by atoms with Gasteiger partial charge in [0, 0.05) is 0 Å². The number of aromatic nitrogens is 4. The Morgan fingerprint density at radius 3 is 2.95 bits per heavy atom. The van der Waals surface area contributed by atoms with E-state index in [9.17, 15) is 0 Å². The number of imidazole rings is 1. The number of hydrogen-bond acceptors (Lipinski definition) is 7. The summed E-state index contributed by atoms with van der Waals surface area (Å²) in [6.45, 7) is 0.520. The molecule has 2 aromatic rings. The fraction of sp³-hybridized carbons (Fsp3) is 0.500. The van der Waals surface area contributed by atoms with Crippen LogP contribution >= 0.6 is 11.6 Å². The van der Waals surface area contributed by atoms with Crippen LogP contribution in [0.3, 0.4) is 0 Å². The van der Waals surface area contributed by atoms with Crippen molar-refractivity contribution in [2.45, 2.75) is 12.3 Å². The van der Waals surface area contributed by atoms with Crippen LogP contribution in [0.1, 0.15) is 6.23 Å². The van der Waals surface area contributed by atoms with Crippen molar-refractivity contribution in [3.8, 4) is 0 Å². The van der Waals surface area contributed by atoms with Crippen LogP contribution in [0.5, 0.6) is 0 Å². The molecule has 3 heterocycles. The summed E-state index contributed by atoms with van der Waals surface area (Å²) in [7, 11) is 0. The number of aliphatic hydroxyl groups excluding tert-OH is 1. The van der Waals surface area contributed by atoms with Crippen LogP contribution in [0.25, 0.3) is 11.2 Å². The second-order valence-electron chi connectivity index (χ2n) is 4.12. The third kappa shape index (κ3) is 2.23. The molecule has 0 saturated carbocycles. The summed E-state index contributed by atoms with van der Waals surface area (Å²) in [4.78, 5) is 12.1. The molecular weight excluding hydrogens is 274 g/mol. The Balaban J connectivity index is 1.93. The van der Waals surface area contributed by atoms with Crippen LogP contribution in [0, 0.1) is 0 Å². The zero-order valence-corrected chi connectivity index (χ0v) is 10.6. The summed E-state index contributed by atoms with van der Waals surface area (Å²) in [6, 6.07) is 0. The van der Waals surface area contributed by atoms with Gasteiger partial charge in [-0.25, -0.2) is 4.98 Å². The molecule has 1 saturated heterocycles. The topological polar surface area (TPSA) is 108 Å². The Kier molecular flexibility index (Phi) is 3.23. The lowest BCUT2D eigenvalue weighted by Crippen LogP contribution is -2.35. The molecule has 1 fully saturated rings. The number of nitrogens with two attached hydrogens (primary N) is 1. The highest BCUT2D eigenvalue weighted by Gasteiger charge is 2.25. The van der Waals surface area contributed by atoms with Crippen LogP contribution in [-0.2, 0) is 9.47 Å². The van der Waals surface area contributed by atoms with Crippen LogP contribution < -0.4 is 5.73 Å². The van der Waals surface area contributed by atoms with Gasteiger partial charge >= 0.3 is 0 Å². The highest BCUT2D eigenvalue weighted by molar-refractivity contribution is 6.33. The summed E-state index contributed by atoms with van der Waals surface area (Å²) < 4.78 is 12.7. The summed E-state index contributed by atoms with van der Waals surface area (Å²) in [6.07, 6.45) is 0.880. The average Bonchev–Trinajstić information content (AvgIpc) is 2.83. The molecule has 1 aliphatic rings. The van der Waals surface area contributed by atoms with Gasteiger partial charge in [0.05, 0.1) is 26.1 Å². The van der Waals surface area contributed by atoms with Crippen molar-refractivity contribution in [2.24, 2.45) is 0 Å². The summed E-state index contributed by atoms with van der Waals surface area (Å²) in [5, 5.41) is 9.17. The lowest BCUT2D eigenvalue weighted by molar-refractivity contribution is -0.169. The van der Waals surface area contributed by atoms with E-state index in [1.807, 2.05) is 0 Å². The third-order valence-corrected chi connectivity index (χ3v) is 3.12. The Hall–Kier alpha value is -1.48. The first-order chi connectivity index (χ1) is 9.19. The smallest absolute Gasteiger partial charge is 0.223 e. The summed E-state index contributed by atoms with van der Waals surface area (Å²) in [5.74, 6) is 0.0733. The second-order valence-corrected chi connectivity index (χ2v) is 4.48. The van der Waals surface area contributed by atoms with Gasteiger partial charge in [0.25, 0.3) is 0 Å². The standard InChI is InChI=1S/C10H12ClN5O3/c11-8-7-9(15-10(12)14-8)16(4-13-7)6-3-18-5(1-17)2-19-6/h4-6,17H,1-3H2,(H2,12,14,15). The molecule has 19 heavy (non-hydrogen) atoms. The minimum Gasteiger partial charge on any atom is -0.394 e. The molecule has 0 amide bonds. The van der Waals surface area contributed by atoms with Crippen molar-refractivity contribution >= 4 is 28.7 Å². The zero-order valence-electron chi connectivity index (χ0n) is 9.86. The maximum atomic E-state index is 8.97. The second kappa shape index (κ2) is 4.89. The third-order valence-electron chi connectivity index (χ3n) is 2.86. The van der Waals surface area contributed by atoms with E-state index in [0.717, 1.165) is 0 Å². The number of ether oxygens (including phenoxy) is 2. The maximum absolute atomic E-state index is 8.97. The molecule has 9 heteroatoms. The number of nitrogen functional groups attached to an aromatic ring is 1. The van der Waals surface area contributed by atoms with Gasteiger partial charge in [0.2, 0.25) is 5.95 Å². The van der Waals surface area contributed by atoms with Crippen molar-refractivity contribution in [3.05, 3.63) is 11.5 Å². The van der Waals surface area contributed by atoms with Crippen molar-refractivity contribution < 1.29 is 14.6 Å². The van der Waals surface area contributed by atoms with Gasteiger partial charge in [-0.2, -0.15) is 9.97 Å². The van der Waals surface area contributed by atoms with Gasteiger partial charge in [0.1, 0.15) is 11.6 Å². The molecule has 8 nitrogen and oxygen atoms in total. The largest absolute Gasteiger partial charge is 0.394 e. The number of hydrogen-bond donors (Lipinski definition) is 2. The molecule has 2 aromatic heterocycles. The summed E-state index contributed by atoms with van der Waals surface area (Å²) >= 11 is 5.95. The minimum atomic E-state index is -0.377. The van der Waals surface area contributed by atoms with Crippen LogP contribution in [0.4, 0.5) is 5.95 Å². The van der Waals surface area contributed by atoms with E-state index in [2.05, 4.69) is 15.0 Å².